The van der Waals surface area contributed by atoms with E-state index in [0.29, 0.717) is 12.0 Å². The third kappa shape index (κ3) is 3.39. The summed E-state index contributed by atoms with van der Waals surface area (Å²) in [6.45, 7) is 0. The molecule has 0 saturated carbocycles. The van der Waals surface area contributed by atoms with Gasteiger partial charge in [0.2, 0.25) is 0 Å². The van der Waals surface area contributed by atoms with Crippen LogP contribution < -0.4 is 10.2 Å². The fraction of sp³-hybridized carbons (Fsp3) is 0.100. The first-order valence-electron chi connectivity index (χ1n) is 7.53. The Kier molecular flexibility index (Phi) is 4.66. The van der Waals surface area contributed by atoms with Gasteiger partial charge in [-0.25, -0.2) is 0 Å². The van der Waals surface area contributed by atoms with Gasteiger partial charge < -0.3 is 4.89 Å². The number of rotatable bonds is 4. The largest absolute Gasteiger partial charge is 0.626 e. The van der Waals surface area contributed by atoms with Crippen LogP contribution in [0.25, 0.3) is 0 Å². The molecule has 0 aromatic heterocycles. The summed E-state index contributed by atoms with van der Waals surface area (Å²) in [6, 6.07) is 18.5. The molecule has 2 atom stereocenters. The Morgan fingerprint density at radius 2 is 1.65 bits per heavy atom. The highest BCUT2D eigenvalue weighted by Gasteiger charge is 2.37. The van der Waals surface area contributed by atoms with E-state index >= 15 is 0 Å². The van der Waals surface area contributed by atoms with Gasteiger partial charge in [0.25, 0.3) is 0 Å². The molecule has 1 aliphatic rings. The highest BCUT2D eigenvalue weighted by atomic mass is 31.1. The van der Waals surface area contributed by atoms with E-state index in [0.717, 1.165) is 5.30 Å². The van der Waals surface area contributed by atoms with Gasteiger partial charge in [-0.3, -0.25) is 4.79 Å². The zero-order valence-electron chi connectivity index (χ0n) is 12.6. The van der Waals surface area contributed by atoms with Gasteiger partial charge in [0.05, 0.1) is 7.77 Å². The molecule has 0 amide bonds. The summed E-state index contributed by atoms with van der Waals surface area (Å²) in [5.41, 5.74) is -0.209. The number of hydrogen-bond donors (Lipinski definition) is 0. The molecule has 0 aliphatic heterocycles. The van der Waals surface area contributed by atoms with Crippen molar-refractivity contribution < 1.29 is 9.69 Å². The van der Waals surface area contributed by atoms with E-state index in [9.17, 15) is 9.69 Å². The smallest absolute Gasteiger partial charge is 0.180 e. The quantitative estimate of drug-likeness (QED) is 0.641. The maximum Gasteiger partial charge on any atom is 0.180 e. The highest BCUT2D eigenvalue weighted by Crippen LogP contribution is 2.33. The fourth-order valence-electron chi connectivity index (χ4n) is 2.68. The standard InChI is InChI=1S/C20H17O2P/c21-19(17-10-4-1-5-11-17)20(14-8-3-9-15-20)16-23(22)18-12-6-2-7-13-18/h1-14,16H,15H2. The van der Waals surface area contributed by atoms with Crippen LogP contribution in [0.2, 0.25) is 0 Å². The molecule has 0 bridgehead atoms. The monoisotopic (exact) mass is 320 g/mol. The lowest BCUT2D eigenvalue weighted by Crippen LogP contribution is -2.32. The van der Waals surface area contributed by atoms with E-state index in [1.165, 1.54) is 0 Å². The average molecular weight is 320 g/mol. The van der Waals surface area contributed by atoms with Crippen molar-refractivity contribution in [3.05, 3.63) is 90.5 Å². The summed E-state index contributed by atoms with van der Waals surface area (Å²) in [7, 11) is -1.75. The van der Waals surface area contributed by atoms with Crippen LogP contribution in [0, 0.1) is 5.41 Å². The van der Waals surface area contributed by atoms with Crippen molar-refractivity contribution in [2.24, 2.45) is 5.41 Å². The number of Topliss-reactive ketones (excluding diaryl/α,β-unsaturated/α-hetero) is 1. The molecule has 3 heteroatoms. The highest BCUT2D eigenvalue weighted by molar-refractivity contribution is 7.58. The van der Waals surface area contributed by atoms with Gasteiger partial charge >= 0.3 is 0 Å². The van der Waals surface area contributed by atoms with Crippen LogP contribution in [0.3, 0.4) is 0 Å². The van der Waals surface area contributed by atoms with Crippen LogP contribution in [-0.4, -0.2) is 11.6 Å². The maximum atomic E-state index is 13.0. The minimum atomic E-state index is -1.75. The lowest BCUT2D eigenvalue weighted by Gasteiger charge is -2.24. The summed E-state index contributed by atoms with van der Waals surface area (Å²) < 4.78 is 0. The topological polar surface area (TPSA) is 40.1 Å². The summed E-state index contributed by atoms with van der Waals surface area (Å²) in [5.74, 6) is 1.69. The Balaban J connectivity index is 2.03. The van der Waals surface area contributed by atoms with Gasteiger partial charge in [-0.1, -0.05) is 72.8 Å². The Morgan fingerprint density at radius 1 is 1.00 bits per heavy atom. The normalized spacial score (nSPS) is 20.5. The molecule has 0 N–H and O–H groups in total. The molecular weight excluding hydrogens is 303 g/mol. The average Bonchev–Trinajstić information content (AvgIpc) is 2.63. The van der Waals surface area contributed by atoms with E-state index in [2.05, 4.69) is 0 Å². The molecule has 3 rings (SSSR count). The fourth-order valence-corrected chi connectivity index (χ4v) is 4.02. The molecular formula is C20H17O2P. The number of ketones is 1. The molecule has 0 fully saturated rings. The van der Waals surface area contributed by atoms with Crippen LogP contribution in [0.15, 0.2) is 85.0 Å². The van der Waals surface area contributed by atoms with E-state index in [4.69, 9.17) is 0 Å². The minimum absolute atomic E-state index is 0.0158. The number of carbonyl (C=O) groups excluding carboxylic acids is 1. The summed E-state index contributed by atoms with van der Waals surface area (Å²) >= 11 is 0. The van der Waals surface area contributed by atoms with Crippen molar-refractivity contribution in [3.8, 4) is 0 Å². The van der Waals surface area contributed by atoms with Crippen LogP contribution in [0.4, 0.5) is 0 Å². The van der Waals surface area contributed by atoms with E-state index < -0.39 is 13.2 Å². The van der Waals surface area contributed by atoms with Gasteiger partial charge in [-0.15, -0.1) is 0 Å². The first kappa shape index (κ1) is 15.6. The van der Waals surface area contributed by atoms with Gasteiger partial charge in [0, 0.05) is 5.56 Å². The second kappa shape index (κ2) is 6.87. The van der Waals surface area contributed by atoms with Crippen LogP contribution >= 0.6 is 7.77 Å². The first-order valence-corrected chi connectivity index (χ1v) is 8.86. The number of allylic oxidation sites excluding steroid dienone is 4. The number of hydrogen-bond acceptors (Lipinski definition) is 2. The molecule has 2 unspecified atom stereocenters. The maximum absolute atomic E-state index is 13.0. The molecule has 2 aromatic rings. The van der Waals surface area contributed by atoms with Gasteiger partial charge in [0.1, 0.15) is 16.5 Å². The SMILES string of the molecule is O=C(c1ccccc1)C1(C=[P+]([O-])c2ccccc2)C=CC=CC1. The Morgan fingerprint density at radius 3 is 2.26 bits per heavy atom. The van der Waals surface area contributed by atoms with Crippen molar-refractivity contribution in [2.45, 2.75) is 6.42 Å². The third-order valence-corrected chi connectivity index (χ3v) is 5.42. The molecule has 0 radical (unpaired) electrons. The van der Waals surface area contributed by atoms with Gasteiger partial charge in [-0.05, 0) is 18.6 Å². The van der Waals surface area contributed by atoms with Crippen molar-refractivity contribution >= 4 is 24.7 Å². The van der Waals surface area contributed by atoms with E-state index in [-0.39, 0.29) is 5.78 Å². The Hall–Kier alpha value is -2.28. The zero-order chi connectivity index (χ0) is 16.1. The van der Waals surface area contributed by atoms with Crippen molar-refractivity contribution in [3.63, 3.8) is 0 Å². The Labute approximate surface area is 137 Å². The molecule has 1 aliphatic carbocycles. The van der Waals surface area contributed by atoms with Crippen LogP contribution in [-0.2, 0) is 0 Å². The predicted molar refractivity (Wildman–Crippen MR) is 95.2 cm³/mol. The lowest BCUT2D eigenvalue weighted by molar-refractivity contribution is -0.149. The number of benzene rings is 2. The van der Waals surface area contributed by atoms with E-state index in [1.54, 1.807) is 17.9 Å². The predicted octanol–water partition coefficient (Wildman–Crippen LogP) is 3.26. The van der Waals surface area contributed by atoms with Gasteiger partial charge in [-0.2, -0.15) is 0 Å². The molecule has 2 nitrogen and oxygen atoms in total. The lowest BCUT2D eigenvalue weighted by atomic mass is 9.77. The van der Waals surface area contributed by atoms with Crippen molar-refractivity contribution in [1.29, 1.82) is 0 Å². The second-order valence-electron chi connectivity index (χ2n) is 5.52. The number of carbonyl (C=O) groups is 1. The summed E-state index contributed by atoms with van der Waals surface area (Å²) in [5, 5.41) is 0.741. The second-order valence-corrected chi connectivity index (χ2v) is 6.94. The molecule has 0 saturated heterocycles. The molecule has 2 aromatic carbocycles. The first-order chi connectivity index (χ1) is 11.2. The van der Waals surface area contributed by atoms with E-state index in [1.807, 2.05) is 72.8 Å². The van der Waals surface area contributed by atoms with Gasteiger partial charge in [0.15, 0.2) is 5.78 Å². The van der Waals surface area contributed by atoms with Crippen molar-refractivity contribution in [1.82, 2.24) is 0 Å². The molecule has 114 valence electrons. The zero-order valence-corrected chi connectivity index (χ0v) is 13.5. The van der Waals surface area contributed by atoms with Crippen LogP contribution in [0.1, 0.15) is 16.8 Å². The molecule has 0 heterocycles. The molecule has 23 heavy (non-hydrogen) atoms. The minimum Gasteiger partial charge on any atom is -0.626 e. The summed E-state index contributed by atoms with van der Waals surface area (Å²) in [4.78, 5) is 25.8. The Bertz CT molecular complexity index is 776. The van der Waals surface area contributed by atoms with Crippen LogP contribution in [0.5, 0.6) is 0 Å². The van der Waals surface area contributed by atoms with Crippen molar-refractivity contribution in [2.75, 3.05) is 0 Å². The summed E-state index contributed by atoms with van der Waals surface area (Å²) in [6.07, 6.45) is 8.12. The molecule has 0 spiro atoms. The third-order valence-electron chi connectivity index (χ3n) is 3.91.